The van der Waals surface area contributed by atoms with E-state index in [2.05, 4.69) is 48.5 Å². The number of hydrogen-bond acceptors (Lipinski definition) is 6. The number of benzene rings is 2. The standard InChI is InChI=1S/C21H22BrClN4O2.ClH/c1-29-19-5-2-13(10-18(19)23)12-24-20-17-11-14(22)3-4-16(17)21(26-25-20)27-8-6-15(28)7-9-27;/h2-5,10-11,15,28H,6-9,12H2,1H3,(H,24,25);1H. The number of halogens is 3. The lowest BCUT2D eigenvalue weighted by molar-refractivity contribution is 0.145. The Morgan fingerprint density at radius 2 is 1.93 bits per heavy atom. The highest BCUT2D eigenvalue weighted by atomic mass is 79.9. The molecule has 160 valence electrons. The quantitative estimate of drug-likeness (QED) is 0.497. The number of piperidine rings is 1. The van der Waals surface area contributed by atoms with E-state index in [1.165, 1.54) is 0 Å². The molecule has 0 unspecified atom stereocenters. The zero-order valence-electron chi connectivity index (χ0n) is 16.4. The van der Waals surface area contributed by atoms with Gasteiger partial charge in [0.1, 0.15) is 5.75 Å². The number of aliphatic hydroxyl groups excluding tert-OH is 1. The molecular weight excluding hydrogens is 491 g/mol. The van der Waals surface area contributed by atoms with Crippen LogP contribution in [0.4, 0.5) is 11.6 Å². The second-order valence-electron chi connectivity index (χ2n) is 7.10. The minimum atomic E-state index is -0.225. The molecular formula is C21H23BrCl2N4O2. The molecule has 9 heteroatoms. The van der Waals surface area contributed by atoms with E-state index in [0.717, 1.165) is 52.6 Å². The van der Waals surface area contributed by atoms with E-state index in [4.69, 9.17) is 16.3 Å². The molecule has 1 fully saturated rings. The minimum Gasteiger partial charge on any atom is -0.495 e. The summed E-state index contributed by atoms with van der Waals surface area (Å²) < 4.78 is 6.19. The van der Waals surface area contributed by atoms with E-state index < -0.39 is 0 Å². The summed E-state index contributed by atoms with van der Waals surface area (Å²) in [5.41, 5.74) is 1.02. The van der Waals surface area contributed by atoms with Crippen LogP contribution in [0, 0.1) is 0 Å². The Morgan fingerprint density at radius 1 is 1.17 bits per heavy atom. The monoisotopic (exact) mass is 512 g/mol. The van der Waals surface area contributed by atoms with Gasteiger partial charge in [-0.15, -0.1) is 22.6 Å². The predicted octanol–water partition coefficient (Wildman–Crippen LogP) is 5.05. The van der Waals surface area contributed by atoms with Crippen LogP contribution in [-0.2, 0) is 6.54 Å². The van der Waals surface area contributed by atoms with Gasteiger partial charge < -0.3 is 20.1 Å². The summed E-state index contributed by atoms with van der Waals surface area (Å²) in [6.07, 6.45) is 1.27. The zero-order valence-corrected chi connectivity index (χ0v) is 19.6. The number of methoxy groups -OCH3 is 1. The van der Waals surface area contributed by atoms with E-state index >= 15 is 0 Å². The van der Waals surface area contributed by atoms with Crippen LogP contribution in [0.5, 0.6) is 5.75 Å². The highest BCUT2D eigenvalue weighted by Crippen LogP contribution is 2.33. The van der Waals surface area contributed by atoms with Crippen LogP contribution in [0.3, 0.4) is 0 Å². The topological polar surface area (TPSA) is 70.5 Å². The Balaban J connectivity index is 0.00000256. The maximum atomic E-state index is 9.80. The third-order valence-electron chi connectivity index (χ3n) is 5.16. The molecule has 0 amide bonds. The van der Waals surface area contributed by atoms with Gasteiger partial charge in [0.2, 0.25) is 0 Å². The molecule has 2 aromatic carbocycles. The number of anilines is 2. The Kier molecular flexibility index (Phi) is 7.63. The van der Waals surface area contributed by atoms with Crippen LogP contribution in [0.2, 0.25) is 5.02 Å². The highest BCUT2D eigenvalue weighted by Gasteiger charge is 2.21. The van der Waals surface area contributed by atoms with Crippen molar-refractivity contribution in [1.29, 1.82) is 0 Å². The fourth-order valence-corrected chi connectivity index (χ4v) is 4.20. The van der Waals surface area contributed by atoms with Gasteiger partial charge >= 0.3 is 0 Å². The lowest BCUT2D eigenvalue weighted by Gasteiger charge is -2.31. The van der Waals surface area contributed by atoms with Crippen LogP contribution in [0.1, 0.15) is 18.4 Å². The van der Waals surface area contributed by atoms with Crippen molar-refractivity contribution in [3.8, 4) is 5.75 Å². The van der Waals surface area contributed by atoms with Gasteiger partial charge in [-0.25, -0.2) is 0 Å². The van der Waals surface area contributed by atoms with Crippen molar-refractivity contribution in [1.82, 2.24) is 10.2 Å². The summed E-state index contributed by atoms with van der Waals surface area (Å²) in [5, 5.41) is 24.8. The van der Waals surface area contributed by atoms with Crippen molar-refractivity contribution < 1.29 is 9.84 Å². The van der Waals surface area contributed by atoms with Crippen molar-refractivity contribution in [3.63, 3.8) is 0 Å². The van der Waals surface area contributed by atoms with Gasteiger partial charge in [-0.05, 0) is 48.7 Å². The molecule has 0 aliphatic carbocycles. The number of nitrogens with zero attached hydrogens (tertiary/aromatic N) is 3. The minimum absolute atomic E-state index is 0. The summed E-state index contributed by atoms with van der Waals surface area (Å²) in [6, 6.07) is 11.8. The third-order valence-corrected chi connectivity index (χ3v) is 5.95. The second-order valence-corrected chi connectivity index (χ2v) is 8.43. The fraction of sp³-hybridized carbons (Fsp3) is 0.333. The molecule has 30 heavy (non-hydrogen) atoms. The fourth-order valence-electron chi connectivity index (χ4n) is 3.56. The molecule has 0 radical (unpaired) electrons. The van der Waals surface area contributed by atoms with Gasteiger partial charge in [0.25, 0.3) is 0 Å². The first-order valence-corrected chi connectivity index (χ1v) is 10.7. The van der Waals surface area contributed by atoms with Gasteiger partial charge in [-0.3, -0.25) is 0 Å². The average molecular weight is 514 g/mol. The molecule has 0 saturated carbocycles. The van der Waals surface area contributed by atoms with Gasteiger partial charge in [0.05, 0.1) is 18.2 Å². The van der Waals surface area contributed by atoms with Crippen molar-refractivity contribution in [2.24, 2.45) is 0 Å². The SMILES string of the molecule is COc1ccc(CNc2nnc(N3CCC(O)CC3)c3ccc(Br)cc23)cc1Cl.Cl. The molecule has 6 nitrogen and oxygen atoms in total. The van der Waals surface area contributed by atoms with Gasteiger partial charge in [0, 0.05) is 34.9 Å². The van der Waals surface area contributed by atoms with Crippen LogP contribution in [0.15, 0.2) is 40.9 Å². The van der Waals surface area contributed by atoms with Crippen LogP contribution in [-0.4, -0.2) is 41.6 Å². The summed E-state index contributed by atoms with van der Waals surface area (Å²) in [4.78, 5) is 2.20. The Bertz CT molecular complexity index is 1030. The maximum absolute atomic E-state index is 9.80. The molecule has 0 bridgehead atoms. The van der Waals surface area contributed by atoms with Gasteiger partial charge in [0.15, 0.2) is 11.6 Å². The predicted molar refractivity (Wildman–Crippen MR) is 127 cm³/mol. The van der Waals surface area contributed by atoms with E-state index in [1.807, 2.05) is 24.3 Å². The third kappa shape index (κ3) is 4.91. The average Bonchev–Trinajstić information content (AvgIpc) is 2.72. The number of rotatable bonds is 5. The molecule has 3 aromatic rings. The Labute approximate surface area is 195 Å². The number of fused-ring (bicyclic) bond motifs is 1. The molecule has 2 N–H and O–H groups in total. The molecule has 0 atom stereocenters. The zero-order chi connectivity index (χ0) is 20.4. The number of aliphatic hydroxyl groups is 1. The molecule has 1 aliphatic rings. The van der Waals surface area contributed by atoms with Crippen molar-refractivity contribution >= 4 is 62.3 Å². The molecule has 1 saturated heterocycles. The van der Waals surface area contributed by atoms with Crippen LogP contribution < -0.4 is 15.0 Å². The van der Waals surface area contributed by atoms with Gasteiger partial charge in [-0.1, -0.05) is 33.6 Å². The summed E-state index contributed by atoms with van der Waals surface area (Å²) in [5.74, 6) is 2.23. The molecule has 1 aliphatic heterocycles. The first kappa shape index (κ1) is 22.9. The normalized spacial score (nSPS) is 14.5. The van der Waals surface area contributed by atoms with E-state index in [-0.39, 0.29) is 18.5 Å². The van der Waals surface area contributed by atoms with Crippen molar-refractivity contribution in [3.05, 3.63) is 51.5 Å². The first-order valence-electron chi connectivity index (χ1n) is 9.50. The Morgan fingerprint density at radius 3 is 2.63 bits per heavy atom. The largest absolute Gasteiger partial charge is 0.495 e. The molecule has 4 rings (SSSR count). The van der Waals surface area contributed by atoms with E-state index in [9.17, 15) is 5.11 Å². The number of ether oxygens (including phenoxy) is 1. The van der Waals surface area contributed by atoms with Crippen molar-refractivity contribution in [2.75, 3.05) is 30.4 Å². The highest BCUT2D eigenvalue weighted by molar-refractivity contribution is 9.10. The second kappa shape index (κ2) is 10.0. The van der Waals surface area contributed by atoms with Crippen LogP contribution in [0.25, 0.3) is 10.8 Å². The van der Waals surface area contributed by atoms with Crippen molar-refractivity contribution in [2.45, 2.75) is 25.5 Å². The molecule has 2 heterocycles. The summed E-state index contributed by atoms with van der Waals surface area (Å²) >= 11 is 9.80. The summed E-state index contributed by atoms with van der Waals surface area (Å²) in [6.45, 7) is 2.12. The van der Waals surface area contributed by atoms with E-state index in [1.54, 1.807) is 7.11 Å². The van der Waals surface area contributed by atoms with Crippen LogP contribution >= 0.6 is 39.9 Å². The Hall–Kier alpha value is -1.80. The number of nitrogens with one attached hydrogen (secondary N) is 1. The maximum Gasteiger partial charge on any atom is 0.159 e. The molecule has 1 aromatic heterocycles. The smallest absolute Gasteiger partial charge is 0.159 e. The lowest BCUT2D eigenvalue weighted by Crippen LogP contribution is -2.36. The molecule has 0 spiro atoms. The number of hydrogen-bond donors (Lipinski definition) is 2. The van der Waals surface area contributed by atoms with Gasteiger partial charge in [-0.2, -0.15) is 0 Å². The first-order chi connectivity index (χ1) is 14.0. The number of aromatic nitrogens is 2. The summed E-state index contributed by atoms with van der Waals surface area (Å²) in [7, 11) is 1.60. The van der Waals surface area contributed by atoms with E-state index in [0.29, 0.717) is 23.1 Å². The lowest BCUT2D eigenvalue weighted by atomic mass is 10.1.